The molecule has 1 saturated heterocycles. The molecular weight excluding hydrogens is 342 g/mol. The van der Waals surface area contributed by atoms with Crippen LogP contribution in [0.15, 0.2) is 30.3 Å². The fraction of sp³-hybridized carbons (Fsp3) is 0.571. The summed E-state index contributed by atoms with van der Waals surface area (Å²) in [5, 5.41) is 4.69. The molecule has 148 valence electrons. The summed E-state index contributed by atoms with van der Waals surface area (Å²) in [5.41, 5.74) is 2.16. The van der Waals surface area contributed by atoms with E-state index >= 15 is 0 Å². The van der Waals surface area contributed by atoms with Gasteiger partial charge < -0.3 is 14.2 Å². The third-order valence-electron chi connectivity index (χ3n) is 4.78. The molecule has 1 aliphatic rings. The molecular formula is C21H31N3O3. The number of benzene rings is 1. The van der Waals surface area contributed by atoms with E-state index in [4.69, 9.17) is 19.3 Å². The lowest BCUT2D eigenvalue weighted by Crippen LogP contribution is -2.40. The largest absolute Gasteiger partial charge is 0.493 e. The molecule has 0 amide bonds. The Labute approximate surface area is 162 Å². The van der Waals surface area contributed by atoms with Crippen molar-refractivity contribution in [3.63, 3.8) is 0 Å². The van der Waals surface area contributed by atoms with Gasteiger partial charge in [0, 0.05) is 38.8 Å². The van der Waals surface area contributed by atoms with Gasteiger partial charge in [-0.3, -0.25) is 9.58 Å². The monoisotopic (exact) mass is 373 g/mol. The van der Waals surface area contributed by atoms with Crippen LogP contribution >= 0.6 is 0 Å². The van der Waals surface area contributed by atoms with Crippen LogP contribution in [0.25, 0.3) is 0 Å². The fourth-order valence-corrected chi connectivity index (χ4v) is 3.49. The highest BCUT2D eigenvalue weighted by atomic mass is 16.5. The van der Waals surface area contributed by atoms with E-state index in [9.17, 15) is 0 Å². The maximum Gasteiger partial charge on any atom is 0.161 e. The predicted molar refractivity (Wildman–Crippen MR) is 105 cm³/mol. The zero-order valence-electron chi connectivity index (χ0n) is 16.9. The molecule has 1 aromatic heterocycles. The van der Waals surface area contributed by atoms with E-state index in [-0.39, 0.29) is 6.10 Å². The number of ether oxygens (including phenoxy) is 3. The number of methoxy groups -OCH3 is 1. The molecule has 0 aliphatic carbocycles. The fourth-order valence-electron chi connectivity index (χ4n) is 3.49. The zero-order valence-corrected chi connectivity index (χ0v) is 16.9. The summed E-state index contributed by atoms with van der Waals surface area (Å²) in [6.45, 7) is 8.86. The molecule has 1 fully saturated rings. The van der Waals surface area contributed by atoms with E-state index in [0.29, 0.717) is 12.5 Å². The molecule has 0 radical (unpaired) electrons. The first-order chi connectivity index (χ1) is 13.1. The van der Waals surface area contributed by atoms with Crippen LogP contribution in [0.2, 0.25) is 0 Å². The van der Waals surface area contributed by atoms with Crippen molar-refractivity contribution in [2.45, 2.75) is 26.4 Å². The molecule has 3 rings (SSSR count). The Kier molecular flexibility index (Phi) is 6.74. The molecule has 6 heteroatoms. The van der Waals surface area contributed by atoms with Gasteiger partial charge in [-0.15, -0.1) is 0 Å². The average Bonchev–Trinajstić information content (AvgIpc) is 3.03. The molecule has 2 heterocycles. The van der Waals surface area contributed by atoms with Crippen LogP contribution < -0.4 is 9.47 Å². The van der Waals surface area contributed by atoms with Crippen molar-refractivity contribution in [1.82, 2.24) is 14.7 Å². The van der Waals surface area contributed by atoms with Crippen molar-refractivity contribution >= 4 is 0 Å². The van der Waals surface area contributed by atoms with E-state index in [2.05, 4.69) is 24.8 Å². The lowest BCUT2D eigenvalue weighted by Gasteiger charge is -2.33. The summed E-state index contributed by atoms with van der Waals surface area (Å²) in [5.74, 6) is 2.18. The third kappa shape index (κ3) is 5.23. The van der Waals surface area contributed by atoms with Crippen LogP contribution in [0.1, 0.15) is 31.3 Å². The van der Waals surface area contributed by atoms with Crippen molar-refractivity contribution in [3.8, 4) is 11.5 Å². The van der Waals surface area contributed by atoms with Crippen molar-refractivity contribution in [2.75, 3.05) is 40.0 Å². The maximum atomic E-state index is 5.98. The first kappa shape index (κ1) is 19.7. The number of hydrogen-bond acceptors (Lipinski definition) is 5. The van der Waals surface area contributed by atoms with Gasteiger partial charge in [-0.1, -0.05) is 26.0 Å². The summed E-state index contributed by atoms with van der Waals surface area (Å²) in [6, 6.07) is 9.86. The smallest absolute Gasteiger partial charge is 0.161 e. The Hall–Kier alpha value is -2.05. The summed E-state index contributed by atoms with van der Waals surface area (Å²) in [7, 11) is 3.64. The normalized spacial score (nSPS) is 18.0. The topological polar surface area (TPSA) is 48.8 Å². The summed E-state index contributed by atoms with van der Waals surface area (Å²) in [6.07, 6.45) is 0.830. The number of para-hydroxylation sites is 2. The van der Waals surface area contributed by atoms with E-state index in [1.54, 1.807) is 7.11 Å². The molecule has 0 unspecified atom stereocenters. The Morgan fingerprint density at radius 1 is 1.26 bits per heavy atom. The molecule has 2 aromatic rings. The van der Waals surface area contributed by atoms with Gasteiger partial charge in [0.2, 0.25) is 0 Å². The second-order valence-corrected chi connectivity index (χ2v) is 7.45. The Morgan fingerprint density at radius 2 is 2.04 bits per heavy atom. The highest BCUT2D eigenvalue weighted by Gasteiger charge is 2.25. The number of nitrogens with zero attached hydrogens (tertiary/aromatic N) is 3. The van der Waals surface area contributed by atoms with E-state index in [0.717, 1.165) is 55.5 Å². The molecule has 1 atom stereocenters. The van der Waals surface area contributed by atoms with Gasteiger partial charge >= 0.3 is 0 Å². The maximum absolute atomic E-state index is 5.98. The molecule has 0 bridgehead atoms. The first-order valence-corrected chi connectivity index (χ1v) is 9.69. The summed E-state index contributed by atoms with van der Waals surface area (Å²) >= 11 is 0. The molecule has 6 nitrogen and oxygen atoms in total. The molecule has 1 aliphatic heterocycles. The van der Waals surface area contributed by atoms with Crippen LogP contribution in [0.4, 0.5) is 0 Å². The Morgan fingerprint density at radius 3 is 2.78 bits per heavy atom. The van der Waals surface area contributed by atoms with Crippen LogP contribution in [0.3, 0.4) is 0 Å². The number of rotatable bonds is 8. The number of morpholine rings is 1. The molecule has 1 aromatic carbocycles. The second-order valence-electron chi connectivity index (χ2n) is 7.45. The van der Waals surface area contributed by atoms with E-state index in [1.807, 2.05) is 36.0 Å². The predicted octanol–water partition coefficient (Wildman–Crippen LogP) is 3.08. The van der Waals surface area contributed by atoms with Gasteiger partial charge in [-0.25, -0.2) is 0 Å². The van der Waals surface area contributed by atoms with Crippen LogP contribution in [0.5, 0.6) is 11.5 Å². The van der Waals surface area contributed by atoms with Crippen molar-refractivity contribution < 1.29 is 14.2 Å². The lowest BCUT2D eigenvalue weighted by molar-refractivity contribution is -0.0354. The molecule has 0 spiro atoms. The number of aryl methyl sites for hydroxylation is 1. The highest BCUT2D eigenvalue weighted by molar-refractivity contribution is 5.39. The van der Waals surface area contributed by atoms with Crippen molar-refractivity contribution in [3.05, 3.63) is 41.7 Å². The van der Waals surface area contributed by atoms with Gasteiger partial charge in [0.25, 0.3) is 0 Å². The van der Waals surface area contributed by atoms with Crippen LogP contribution in [-0.2, 0) is 18.2 Å². The average molecular weight is 373 g/mol. The van der Waals surface area contributed by atoms with E-state index < -0.39 is 0 Å². The summed E-state index contributed by atoms with van der Waals surface area (Å²) < 4.78 is 19.1. The van der Waals surface area contributed by atoms with Gasteiger partial charge in [0.1, 0.15) is 6.10 Å². The van der Waals surface area contributed by atoms with Gasteiger partial charge in [0.05, 0.1) is 26.0 Å². The molecule has 0 N–H and O–H groups in total. The number of hydrogen-bond donors (Lipinski definition) is 0. The van der Waals surface area contributed by atoms with Crippen LogP contribution in [0, 0.1) is 5.92 Å². The zero-order chi connectivity index (χ0) is 19.2. The van der Waals surface area contributed by atoms with Gasteiger partial charge in [0.15, 0.2) is 11.5 Å². The lowest BCUT2D eigenvalue weighted by atomic mass is 10.1. The minimum atomic E-state index is 0.0487. The first-order valence-electron chi connectivity index (χ1n) is 9.69. The minimum absolute atomic E-state index is 0.0487. The standard InChI is InChI=1S/C21H31N3O3/c1-16(2)14-24-10-12-27-21(15-24)18-13-17(23(3)22-18)9-11-26-20-8-6-5-7-19(20)25-4/h5-8,13,16,21H,9-12,14-15H2,1-4H3/t21-/m0/s1. The quantitative estimate of drug-likeness (QED) is 0.712. The highest BCUT2D eigenvalue weighted by Crippen LogP contribution is 2.26. The van der Waals surface area contributed by atoms with Gasteiger partial charge in [-0.2, -0.15) is 5.10 Å². The Balaban J connectivity index is 1.58. The van der Waals surface area contributed by atoms with E-state index in [1.165, 1.54) is 0 Å². The minimum Gasteiger partial charge on any atom is -0.493 e. The SMILES string of the molecule is COc1ccccc1OCCc1cc([C@@H]2CN(CC(C)C)CCO2)nn1C. The van der Waals surface area contributed by atoms with Gasteiger partial charge in [-0.05, 0) is 24.1 Å². The third-order valence-corrected chi connectivity index (χ3v) is 4.78. The number of aromatic nitrogens is 2. The Bertz CT molecular complexity index is 729. The van der Waals surface area contributed by atoms with Crippen molar-refractivity contribution in [1.29, 1.82) is 0 Å². The summed E-state index contributed by atoms with van der Waals surface area (Å²) in [4.78, 5) is 2.47. The van der Waals surface area contributed by atoms with Crippen molar-refractivity contribution in [2.24, 2.45) is 13.0 Å². The molecule has 0 saturated carbocycles. The molecule has 27 heavy (non-hydrogen) atoms. The second kappa shape index (κ2) is 9.24. The van der Waals surface area contributed by atoms with Crippen LogP contribution in [-0.4, -0.2) is 54.6 Å².